The van der Waals surface area contributed by atoms with Crippen LogP contribution in [0.25, 0.3) is 0 Å². The van der Waals surface area contributed by atoms with E-state index in [4.69, 9.17) is 9.84 Å². The lowest BCUT2D eigenvalue weighted by Crippen LogP contribution is -2.48. The Bertz CT molecular complexity index is 317. The highest BCUT2D eigenvalue weighted by molar-refractivity contribution is 7.87. The molecule has 1 unspecified atom stereocenters. The fourth-order valence-electron chi connectivity index (χ4n) is 1.94. The molecule has 0 aromatic heterocycles. The van der Waals surface area contributed by atoms with Gasteiger partial charge in [0.1, 0.15) is 0 Å². The minimum absolute atomic E-state index is 0.112. The third kappa shape index (κ3) is 5.17. The van der Waals surface area contributed by atoms with Gasteiger partial charge in [0.05, 0.1) is 13.2 Å². The van der Waals surface area contributed by atoms with Crippen LogP contribution in [0.2, 0.25) is 0 Å². The largest absolute Gasteiger partial charge is 0.395 e. The van der Waals surface area contributed by atoms with Gasteiger partial charge in [-0.05, 0) is 19.4 Å². The first kappa shape index (κ1) is 15.8. The summed E-state index contributed by atoms with van der Waals surface area (Å²) in [6.07, 6.45) is 2.03. The topological polar surface area (TPSA) is 90.9 Å². The van der Waals surface area contributed by atoms with Gasteiger partial charge in [0.25, 0.3) is 10.2 Å². The molecule has 1 aliphatic heterocycles. The van der Waals surface area contributed by atoms with Crippen molar-refractivity contribution in [2.75, 3.05) is 46.5 Å². The lowest BCUT2D eigenvalue weighted by molar-refractivity contribution is 0.202. The molecule has 108 valence electrons. The molecule has 0 bridgehead atoms. The van der Waals surface area contributed by atoms with E-state index in [1.807, 2.05) is 0 Å². The van der Waals surface area contributed by atoms with E-state index < -0.39 is 10.2 Å². The molecule has 0 aliphatic carbocycles. The molecular weight excluding hydrogens is 258 g/mol. The van der Waals surface area contributed by atoms with Crippen LogP contribution < -0.4 is 10.0 Å². The van der Waals surface area contributed by atoms with E-state index in [2.05, 4.69) is 10.0 Å². The molecule has 1 fully saturated rings. The monoisotopic (exact) mass is 281 g/mol. The van der Waals surface area contributed by atoms with Gasteiger partial charge in [0, 0.05) is 32.8 Å². The fourth-order valence-corrected chi connectivity index (χ4v) is 3.17. The van der Waals surface area contributed by atoms with E-state index in [1.165, 1.54) is 11.4 Å². The smallest absolute Gasteiger partial charge is 0.279 e. The lowest BCUT2D eigenvalue weighted by atomic mass is 10.2. The second-order valence-electron chi connectivity index (χ2n) is 4.27. The van der Waals surface area contributed by atoms with E-state index in [9.17, 15) is 8.42 Å². The highest BCUT2D eigenvalue weighted by Crippen LogP contribution is 2.09. The third-order valence-corrected chi connectivity index (χ3v) is 4.45. The van der Waals surface area contributed by atoms with Gasteiger partial charge in [-0.25, -0.2) is 0 Å². The summed E-state index contributed by atoms with van der Waals surface area (Å²) in [5.41, 5.74) is 0. The molecule has 0 radical (unpaired) electrons. The lowest BCUT2D eigenvalue weighted by Gasteiger charge is -2.24. The van der Waals surface area contributed by atoms with Crippen LogP contribution in [0.1, 0.15) is 12.8 Å². The molecule has 1 saturated heterocycles. The summed E-state index contributed by atoms with van der Waals surface area (Å²) in [6, 6.07) is 0.176. The van der Waals surface area contributed by atoms with Crippen molar-refractivity contribution in [1.82, 2.24) is 14.3 Å². The van der Waals surface area contributed by atoms with Gasteiger partial charge in [-0.2, -0.15) is 17.4 Å². The first-order valence-corrected chi connectivity index (χ1v) is 7.62. The molecule has 1 atom stereocenters. The summed E-state index contributed by atoms with van der Waals surface area (Å²) >= 11 is 0. The quantitative estimate of drug-likeness (QED) is 0.448. The van der Waals surface area contributed by atoms with Crippen molar-refractivity contribution in [3.8, 4) is 0 Å². The highest BCUT2D eigenvalue weighted by atomic mass is 32.2. The average molecular weight is 281 g/mol. The number of nitrogens with zero attached hydrogens (tertiary/aromatic N) is 1. The Balaban J connectivity index is 2.52. The molecule has 8 heteroatoms. The number of hydrogen-bond donors (Lipinski definition) is 3. The van der Waals surface area contributed by atoms with Gasteiger partial charge in [-0.3, -0.25) is 0 Å². The summed E-state index contributed by atoms with van der Waals surface area (Å²) in [5, 5.41) is 12.2. The molecule has 1 heterocycles. The number of aliphatic hydroxyl groups excluding tert-OH is 1. The van der Waals surface area contributed by atoms with Crippen molar-refractivity contribution < 1.29 is 18.3 Å². The van der Waals surface area contributed by atoms with Gasteiger partial charge in [-0.15, -0.1) is 0 Å². The fraction of sp³-hybridized carbons (Fsp3) is 1.00. The van der Waals surface area contributed by atoms with Crippen LogP contribution in [0.15, 0.2) is 0 Å². The van der Waals surface area contributed by atoms with E-state index >= 15 is 0 Å². The zero-order valence-corrected chi connectivity index (χ0v) is 11.6. The zero-order valence-electron chi connectivity index (χ0n) is 10.8. The molecule has 0 aromatic carbocycles. The second kappa shape index (κ2) is 8.03. The maximum atomic E-state index is 12.0. The summed E-state index contributed by atoms with van der Waals surface area (Å²) in [6.45, 7) is 1.81. The highest BCUT2D eigenvalue weighted by Gasteiger charge is 2.25. The van der Waals surface area contributed by atoms with Crippen LogP contribution in [-0.4, -0.2) is 70.4 Å². The number of rotatable bonds is 9. The normalized spacial score (nSPS) is 20.7. The number of methoxy groups -OCH3 is 1. The molecule has 0 aromatic rings. The van der Waals surface area contributed by atoms with E-state index in [1.54, 1.807) is 0 Å². The van der Waals surface area contributed by atoms with Crippen LogP contribution in [-0.2, 0) is 14.9 Å². The molecule has 0 saturated carbocycles. The van der Waals surface area contributed by atoms with Crippen molar-refractivity contribution >= 4 is 10.2 Å². The summed E-state index contributed by atoms with van der Waals surface area (Å²) in [7, 11) is -2.02. The first-order valence-electron chi connectivity index (χ1n) is 6.18. The van der Waals surface area contributed by atoms with Crippen LogP contribution in [0.3, 0.4) is 0 Å². The molecule has 0 spiro atoms. The van der Waals surface area contributed by atoms with Gasteiger partial charge in [-0.1, -0.05) is 0 Å². The summed E-state index contributed by atoms with van der Waals surface area (Å²) in [4.78, 5) is 0. The van der Waals surface area contributed by atoms with E-state index in [-0.39, 0.29) is 25.7 Å². The predicted octanol–water partition coefficient (Wildman–Crippen LogP) is -1.49. The number of aliphatic hydroxyl groups is 1. The number of hydrogen-bond acceptors (Lipinski definition) is 5. The Hall–Kier alpha value is -0.250. The van der Waals surface area contributed by atoms with Gasteiger partial charge in [0.15, 0.2) is 0 Å². The molecule has 7 nitrogen and oxygen atoms in total. The Morgan fingerprint density at radius 2 is 2.33 bits per heavy atom. The molecule has 1 rings (SSSR count). The van der Waals surface area contributed by atoms with E-state index in [0.29, 0.717) is 13.2 Å². The van der Waals surface area contributed by atoms with Gasteiger partial charge >= 0.3 is 0 Å². The van der Waals surface area contributed by atoms with Crippen LogP contribution in [0.4, 0.5) is 0 Å². The van der Waals surface area contributed by atoms with Crippen LogP contribution in [0, 0.1) is 0 Å². The predicted molar refractivity (Wildman–Crippen MR) is 68.5 cm³/mol. The zero-order chi connectivity index (χ0) is 13.4. The minimum Gasteiger partial charge on any atom is -0.395 e. The summed E-state index contributed by atoms with van der Waals surface area (Å²) in [5.74, 6) is 0. The van der Waals surface area contributed by atoms with Gasteiger partial charge in [0.2, 0.25) is 0 Å². The first-order chi connectivity index (χ1) is 8.60. The van der Waals surface area contributed by atoms with Crippen molar-refractivity contribution in [3.63, 3.8) is 0 Å². The average Bonchev–Trinajstić information content (AvgIpc) is 2.81. The van der Waals surface area contributed by atoms with Crippen molar-refractivity contribution in [1.29, 1.82) is 0 Å². The maximum Gasteiger partial charge on any atom is 0.279 e. The van der Waals surface area contributed by atoms with E-state index in [0.717, 1.165) is 19.4 Å². The summed E-state index contributed by atoms with van der Waals surface area (Å²) < 4.78 is 32.5. The Kier molecular flexibility index (Phi) is 7.05. The van der Waals surface area contributed by atoms with Crippen LogP contribution >= 0.6 is 0 Å². The third-order valence-electron chi connectivity index (χ3n) is 2.87. The Labute approximate surface area is 109 Å². The Morgan fingerprint density at radius 1 is 1.56 bits per heavy atom. The SMILES string of the molecule is COCCNS(=O)(=O)N(CCO)CC1CCCN1. The minimum atomic E-state index is -3.54. The molecule has 0 amide bonds. The number of nitrogens with one attached hydrogen (secondary N) is 2. The molecule has 18 heavy (non-hydrogen) atoms. The maximum absolute atomic E-state index is 12.0. The van der Waals surface area contributed by atoms with Crippen molar-refractivity contribution in [2.24, 2.45) is 0 Å². The molecular formula is C10H23N3O4S. The number of ether oxygens (including phenoxy) is 1. The molecule has 3 N–H and O–H groups in total. The second-order valence-corrected chi connectivity index (χ2v) is 6.02. The van der Waals surface area contributed by atoms with Crippen LogP contribution in [0.5, 0.6) is 0 Å². The molecule has 1 aliphatic rings. The standard InChI is InChI=1S/C10H23N3O4S/c1-17-8-5-12-18(15,16)13(6-7-14)9-10-3-2-4-11-10/h10-12,14H,2-9H2,1H3. The van der Waals surface area contributed by atoms with Crippen molar-refractivity contribution in [2.45, 2.75) is 18.9 Å². The Morgan fingerprint density at radius 3 is 2.89 bits per heavy atom. The van der Waals surface area contributed by atoms with Gasteiger partial charge < -0.3 is 15.2 Å². The van der Waals surface area contributed by atoms with Crippen molar-refractivity contribution in [3.05, 3.63) is 0 Å².